The molecule has 29 heavy (non-hydrogen) atoms. The van der Waals surface area contributed by atoms with Gasteiger partial charge in [-0.1, -0.05) is 30.3 Å². The molecule has 4 rings (SSSR count). The second-order valence-electron chi connectivity index (χ2n) is 6.20. The molecule has 0 radical (unpaired) electrons. The summed E-state index contributed by atoms with van der Waals surface area (Å²) in [7, 11) is 0. The molecule has 1 atom stereocenters. The largest absolute Gasteiger partial charge is 0.480 e. The Morgan fingerprint density at radius 2 is 1.76 bits per heavy atom. The highest BCUT2D eigenvalue weighted by Crippen LogP contribution is 2.30. The fourth-order valence-corrected chi connectivity index (χ4v) is 2.94. The molecule has 2 aromatic carbocycles. The van der Waals surface area contributed by atoms with Crippen LogP contribution in [0.2, 0.25) is 0 Å². The summed E-state index contributed by atoms with van der Waals surface area (Å²) >= 11 is 0. The summed E-state index contributed by atoms with van der Waals surface area (Å²) in [4.78, 5) is 27.8. The standard InChI is InChI=1S/C19H14N2O4.H3NO3/c20-13(19(23)24)7-10-5-6-16-14(8-10)21-18-12-4-2-1-3-11(12)15(22)9-17(18)25-16;2-1(3)4/h1-6,8-9,13H,7,20H2,(H,23,24);2-4H. The van der Waals surface area contributed by atoms with Crippen molar-refractivity contribution >= 4 is 27.8 Å². The van der Waals surface area contributed by atoms with Crippen LogP contribution in [0.4, 0.5) is 0 Å². The predicted octanol–water partition coefficient (Wildman–Crippen LogP) is 1.86. The van der Waals surface area contributed by atoms with Crippen LogP contribution in [0.3, 0.4) is 0 Å². The van der Waals surface area contributed by atoms with Gasteiger partial charge >= 0.3 is 5.97 Å². The first-order valence-electron chi connectivity index (χ1n) is 8.36. The van der Waals surface area contributed by atoms with E-state index in [2.05, 4.69) is 4.98 Å². The minimum Gasteiger partial charge on any atom is -0.480 e. The minimum absolute atomic E-state index is 0.114. The summed E-state index contributed by atoms with van der Waals surface area (Å²) in [5.74, 6) is -0.628. The van der Waals surface area contributed by atoms with Gasteiger partial charge in [-0.05, 0) is 24.1 Å². The maximum Gasteiger partial charge on any atom is 0.320 e. The number of carboxylic acids is 1. The van der Waals surface area contributed by atoms with Gasteiger partial charge in [0.1, 0.15) is 17.3 Å². The van der Waals surface area contributed by atoms with Crippen LogP contribution in [-0.4, -0.2) is 43.1 Å². The molecular weight excluding hydrogens is 382 g/mol. The van der Waals surface area contributed by atoms with Gasteiger partial charge in [0.25, 0.3) is 0 Å². The second kappa shape index (κ2) is 8.31. The average Bonchev–Trinajstić information content (AvgIpc) is 2.66. The number of aromatic nitrogens is 1. The number of hydrogen-bond donors (Lipinski definition) is 5. The summed E-state index contributed by atoms with van der Waals surface area (Å²) in [5, 5.41) is 30.3. The fraction of sp³-hybridized carbons (Fsp3) is 0.105. The molecule has 1 unspecified atom stereocenters. The molecular formula is C19H17N3O7. The highest BCUT2D eigenvalue weighted by atomic mass is 17.0. The zero-order chi connectivity index (χ0) is 21.1. The minimum atomic E-state index is -1.05. The molecule has 1 aliphatic heterocycles. The van der Waals surface area contributed by atoms with E-state index in [1.807, 2.05) is 12.1 Å². The van der Waals surface area contributed by atoms with Crippen molar-refractivity contribution in [3.05, 3.63) is 64.3 Å². The smallest absolute Gasteiger partial charge is 0.320 e. The Morgan fingerprint density at radius 3 is 2.41 bits per heavy atom. The zero-order valence-electron chi connectivity index (χ0n) is 14.9. The number of rotatable bonds is 3. The van der Waals surface area contributed by atoms with E-state index in [0.717, 1.165) is 10.9 Å². The van der Waals surface area contributed by atoms with Crippen molar-refractivity contribution in [1.82, 2.24) is 10.4 Å². The Morgan fingerprint density at radius 1 is 1.10 bits per heavy atom. The van der Waals surface area contributed by atoms with E-state index >= 15 is 0 Å². The average molecular weight is 399 g/mol. The van der Waals surface area contributed by atoms with E-state index in [4.69, 9.17) is 30.9 Å². The Bertz CT molecular complexity index is 1200. The lowest BCUT2D eigenvalue weighted by Gasteiger charge is -2.11. The third-order valence-electron chi connectivity index (χ3n) is 4.19. The summed E-state index contributed by atoms with van der Waals surface area (Å²) < 4.78 is 5.83. The number of nitrogens with zero attached hydrogens (tertiary/aromatic N) is 2. The molecule has 1 heterocycles. The van der Waals surface area contributed by atoms with Gasteiger partial charge in [-0.2, -0.15) is 0 Å². The van der Waals surface area contributed by atoms with Crippen LogP contribution in [0.5, 0.6) is 0 Å². The van der Waals surface area contributed by atoms with Crippen molar-refractivity contribution in [3.8, 4) is 11.5 Å². The quantitative estimate of drug-likeness (QED) is 0.194. The Kier molecular flexibility index (Phi) is 5.82. The Balaban J connectivity index is 0.000000552. The molecule has 2 aromatic rings. The highest BCUT2D eigenvalue weighted by Gasteiger charge is 2.17. The molecule has 150 valence electrons. The maximum absolute atomic E-state index is 12.2. The van der Waals surface area contributed by atoms with Gasteiger partial charge in [0.15, 0.2) is 16.8 Å². The highest BCUT2D eigenvalue weighted by molar-refractivity contribution is 5.96. The lowest BCUT2D eigenvalue weighted by atomic mass is 10.0. The van der Waals surface area contributed by atoms with Crippen molar-refractivity contribution < 1.29 is 29.9 Å². The monoisotopic (exact) mass is 399 g/mol. The Labute approximate surface area is 162 Å². The number of nitrogens with two attached hydrogens (primary N) is 1. The molecule has 0 aromatic heterocycles. The van der Waals surface area contributed by atoms with Gasteiger partial charge in [0, 0.05) is 16.8 Å². The molecule has 0 fully saturated rings. The van der Waals surface area contributed by atoms with Crippen LogP contribution in [0, 0.1) is 0 Å². The van der Waals surface area contributed by atoms with Gasteiger partial charge in [-0.3, -0.25) is 25.2 Å². The van der Waals surface area contributed by atoms with E-state index in [9.17, 15) is 9.59 Å². The van der Waals surface area contributed by atoms with Gasteiger partial charge in [0.2, 0.25) is 0 Å². The number of carbonyl (C=O) groups is 1. The first-order chi connectivity index (χ1) is 13.8. The first-order valence-corrected chi connectivity index (χ1v) is 8.36. The molecule has 6 N–H and O–H groups in total. The van der Waals surface area contributed by atoms with Crippen molar-refractivity contribution in [2.45, 2.75) is 12.5 Å². The molecule has 1 aliphatic carbocycles. The van der Waals surface area contributed by atoms with Crippen molar-refractivity contribution in [3.63, 3.8) is 0 Å². The fourth-order valence-electron chi connectivity index (χ4n) is 2.94. The summed E-state index contributed by atoms with van der Waals surface area (Å²) in [6.45, 7) is 0. The van der Waals surface area contributed by atoms with E-state index in [0.29, 0.717) is 27.9 Å². The van der Waals surface area contributed by atoms with Gasteiger partial charge < -0.3 is 15.3 Å². The number of hydrogen-bond acceptors (Lipinski definition) is 9. The van der Waals surface area contributed by atoms with Crippen LogP contribution in [-0.2, 0) is 11.2 Å². The normalized spacial score (nSPS) is 12.2. The van der Waals surface area contributed by atoms with Crippen LogP contribution >= 0.6 is 0 Å². The van der Waals surface area contributed by atoms with E-state index in [-0.39, 0.29) is 11.8 Å². The molecule has 0 saturated carbocycles. The van der Waals surface area contributed by atoms with Crippen molar-refractivity contribution in [2.75, 3.05) is 0 Å². The topological polar surface area (TPSA) is 170 Å². The third kappa shape index (κ3) is 4.54. The van der Waals surface area contributed by atoms with Crippen molar-refractivity contribution in [2.24, 2.45) is 5.73 Å². The summed E-state index contributed by atoms with van der Waals surface area (Å²) in [5.41, 5.74) is 7.95. The van der Waals surface area contributed by atoms with Gasteiger partial charge in [-0.15, -0.1) is 0 Å². The molecule has 10 heteroatoms. The number of carboxylic acid groups (broad SMARTS) is 1. The Hall–Kier alpha value is -3.41. The van der Waals surface area contributed by atoms with Crippen LogP contribution in [0.1, 0.15) is 5.56 Å². The van der Waals surface area contributed by atoms with Crippen LogP contribution in [0.25, 0.3) is 33.3 Å². The third-order valence-corrected chi connectivity index (χ3v) is 4.19. The van der Waals surface area contributed by atoms with Crippen LogP contribution < -0.4 is 11.2 Å². The maximum atomic E-state index is 12.2. The molecule has 0 bridgehead atoms. The first kappa shape index (κ1) is 20.3. The van der Waals surface area contributed by atoms with Crippen molar-refractivity contribution in [1.29, 1.82) is 0 Å². The molecule has 2 aliphatic rings. The van der Waals surface area contributed by atoms with Gasteiger partial charge in [-0.25, -0.2) is 4.98 Å². The summed E-state index contributed by atoms with van der Waals surface area (Å²) in [6.07, 6.45) is 0.200. The zero-order valence-corrected chi connectivity index (χ0v) is 14.9. The lowest BCUT2D eigenvalue weighted by Crippen LogP contribution is -2.32. The van der Waals surface area contributed by atoms with E-state index < -0.39 is 17.4 Å². The lowest BCUT2D eigenvalue weighted by molar-refractivity contribution is -0.472. The summed E-state index contributed by atoms with van der Waals surface area (Å²) in [6, 6.07) is 12.9. The molecule has 0 spiro atoms. The number of aliphatic carboxylic acids is 1. The molecule has 0 amide bonds. The number of benzene rings is 3. The second-order valence-corrected chi connectivity index (χ2v) is 6.20. The molecule has 10 nitrogen and oxygen atoms in total. The van der Waals surface area contributed by atoms with Gasteiger partial charge in [0.05, 0.1) is 5.39 Å². The SMILES string of the molecule is NC(Cc1ccc2oc3cc(=O)c4ccccc4c-3nc2c1)C(=O)O.ON(O)O. The molecule has 0 saturated heterocycles. The van der Waals surface area contributed by atoms with E-state index in [1.165, 1.54) is 6.07 Å². The number of fused-ring (bicyclic) bond motifs is 4. The van der Waals surface area contributed by atoms with E-state index in [1.54, 1.807) is 30.3 Å². The predicted molar refractivity (Wildman–Crippen MR) is 101 cm³/mol. The van der Waals surface area contributed by atoms with Crippen LogP contribution in [0.15, 0.2) is 57.7 Å².